The smallest absolute Gasteiger partial charge is 0.127 e. The van der Waals surface area contributed by atoms with Crippen molar-refractivity contribution >= 4 is 27.3 Å². The topological polar surface area (TPSA) is 35.2 Å². The van der Waals surface area contributed by atoms with Gasteiger partial charge in [0.25, 0.3) is 0 Å². The molecule has 0 saturated carbocycles. The van der Waals surface area contributed by atoms with Crippen LogP contribution in [0.25, 0.3) is 0 Å². The molecule has 2 nitrogen and oxygen atoms in total. The van der Waals surface area contributed by atoms with Crippen molar-refractivity contribution in [3.05, 3.63) is 49.6 Å². The Morgan fingerprint density at radius 2 is 2.32 bits per heavy atom. The molecule has 19 heavy (non-hydrogen) atoms. The summed E-state index contributed by atoms with van der Waals surface area (Å²) in [7, 11) is 0. The van der Waals surface area contributed by atoms with Crippen LogP contribution in [0.15, 0.2) is 28.1 Å². The van der Waals surface area contributed by atoms with Gasteiger partial charge in [-0.15, -0.1) is 11.3 Å². The lowest BCUT2D eigenvalue weighted by atomic mass is 9.99. The number of aryl methyl sites for hydroxylation is 1. The molecule has 4 heteroatoms. The summed E-state index contributed by atoms with van der Waals surface area (Å²) in [6.07, 6.45) is 1.99. The summed E-state index contributed by atoms with van der Waals surface area (Å²) in [6, 6.07) is 6.29. The van der Waals surface area contributed by atoms with Crippen LogP contribution >= 0.6 is 27.3 Å². The van der Waals surface area contributed by atoms with E-state index in [1.54, 1.807) is 11.3 Å². The van der Waals surface area contributed by atoms with Crippen LogP contribution in [0.4, 0.5) is 0 Å². The van der Waals surface area contributed by atoms with Crippen molar-refractivity contribution in [2.45, 2.75) is 25.8 Å². The van der Waals surface area contributed by atoms with E-state index >= 15 is 0 Å². The molecule has 2 aromatic rings. The molecule has 0 saturated heterocycles. The zero-order valence-corrected chi connectivity index (χ0v) is 13.2. The molecule has 0 fully saturated rings. The fourth-order valence-corrected chi connectivity index (χ4v) is 4.12. The Kier molecular flexibility index (Phi) is 3.65. The summed E-state index contributed by atoms with van der Waals surface area (Å²) in [5.74, 6) is 0.992. The molecule has 0 aliphatic carbocycles. The van der Waals surface area contributed by atoms with Crippen LogP contribution in [-0.2, 0) is 12.8 Å². The van der Waals surface area contributed by atoms with Gasteiger partial charge in [0.05, 0.1) is 12.6 Å². The van der Waals surface area contributed by atoms with E-state index in [9.17, 15) is 0 Å². The van der Waals surface area contributed by atoms with Gasteiger partial charge in [-0.2, -0.15) is 0 Å². The number of hydrogen-bond donors (Lipinski definition) is 1. The maximum Gasteiger partial charge on any atom is 0.127 e. The SMILES string of the molecule is CCc1ccsc1C(N)c1cc(Br)cc2c1OCC2. The van der Waals surface area contributed by atoms with Gasteiger partial charge in [0.2, 0.25) is 0 Å². The van der Waals surface area contributed by atoms with E-state index in [4.69, 9.17) is 10.5 Å². The van der Waals surface area contributed by atoms with Crippen molar-refractivity contribution in [3.8, 4) is 5.75 Å². The third-order valence-electron chi connectivity index (χ3n) is 3.56. The molecule has 0 spiro atoms. The molecule has 1 aromatic heterocycles. The largest absolute Gasteiger partial charge is 0.493 e. The van der Waals surface area contributed by atoms with Crippen LogP contribution in [0.3, 0.4) is 0 Å². The van der Waals surface area contributed by atoms with E-state index in [0.29, 0.717) is 0 Å². The lowest BCUT2D eigenvalue weighted by Crippen LogP contribution is -2.13. The van der Waals surface area contributed by atoms with Crippen LogP contribution in [0.1, 0.15) is 34.5 Å². The maximum absolute atomic E-state index is 6.49. The third-order valence-corrected chi connectivity index (χ3v) is 5.06. The average molecular weight is 338 g/mol. The average Bonchev–Trinajstić information content (AvgIpc) is 3.04. The van der Waals surface area contributed by atoms with Gasteiger partial charge in [-0.1, -0.05) is 22.9 Å². The molecule has 0 amide bonds. The van der Waals surface area contributed by atoms with Crippen molar-refractivity contribution in [2.24, 2.45) is 5.73 Å². The molecular weight excluding hydrogens is 322 g/mol. The van der Waals surface area contributed by atoms with Crippen LogP contribution in [0, 0.1) is 0 Å². The highest BCUT2D eigenvalue weighted by atomic mass is 79.9. The number of hydrogen-bond acceptors (Lipinski definition) is 3. The lowest BCUT2D eigenvalue weighted by Gasteiger charge is -2.16. The molecular formula is C15H16BrNOS. The molecule has 1 aliphatic rings. The first-order chi connectivity index (χ1) is 9.20. The Labute approximate surface area is 125 Å². The number of halogens is 1. The van der Waals surface area contributed by atoms with E-state index < -0.39 is 0 Å². The minimum absolute atomic E-state index is 0.0979. The monoisotopic (exact) mass is 337 g/mol. The Morgan fingerprint density at radius 3 is 3.11 bits per heavy atom. The molecule has 0 bridgehead atoms. The van der Waals surface area contributed by atoms with Crippen molar-refractivity contribution in [1.29, 1.82) is 0 Å². The molecule has 100 valence electrons. The summed E-state index contributed by atoms with van der Waals surface area (Å²) in [5, 5.41) is 2.12. The van der Waals surface area contributed by atoms with Crippen LogP contribution in [-0.4, -0.2) is 6.61 Å². The van der Waals surface area contributed by atoms with Crippen LogP contribution in [0.5, 0.6) is 5.75 Å². The first kappa shape index (κ1) is 13.2. The third kappa shape index (κ3) is 2.33. The summed E-state index contributed by atoms with van der Waals surface area (Å²) < 4.78 is 6.86. The molecule has 2 N–H and O–H groups in total. The Balaban J connectivity index is 2.07. The predicted molar refractivity (Wildman–Crippen MR) is 83.1 cm³/mol. The van der Waals surface area contributed by atoms with E-state index in [2.05, 4.69) is 46.4 Å². The molecule has 1 unspecified atom stereocenters. The minimum atomic E-state index is -0.0979. The van der Waals surface area contributed by atoms with E-state index in [1.807, 2.05) is 0 Å². The number of thiophene rings is 1. The summed E-state index contributed by atoms with van der Waals surface area (Å²) in [4.78, 5) is 1.25. The van der Waals surface area contributed by atoms with Crippen LogP contribution in [0.2, 0.25) is 0 Å². The molecule has 0 radical (unpaired) electrons. The number of benzene rings is 1. The highest BCUT2D eigenvalue weighted by Gasteiger charge is 2.24. The van der Waals surface area contributed by atoms with Gasteiger partial charge in [-0.25, -0.2) is 0 Å². The normalized spacial score (nSPS) is 15.1. The summed E-state index contributed by atoms with van der Waals surface area (Å²) >= 11 is 5.31. The first-order valence-corrected chi connectivity index (χ1v) is 8.15. The summed E-state index contributed by atoms with van der Waals surface area (Å²) in [6.45, 7) is 2.93. The van der Waals surface area contributed by atoms with Gasteiger partial charge in [0.15, 0.2) is 0 Å². The number of ether oxygens (including phenoxy) is 1. The number of fused-ring (bicyclic) bond motifs is 1. The molecule has 3 rings (SSSR count). The van der Waals surface area contributed by atoms with Gasteiger partial charge in [0, 0.05) is 21.3 Å². The Bertz CT molecular complexity index is 608. The van der Waals surface area contributed by atoms with Crippen LogP contribution < -0.4 is 10.5 Å². The highest BCUT2D eigenvalue weighted by Crippen LogP contribution is 2.39. The quantitative estimate of drug-likeness (QED) is 0.916. The fourth-order valence-electron chi connectivity index (χ4n) is 2.58. The van der Waals surface area contributed by atoms with Gasteiger partial charge < -0.3 is 10.5 Å². The van der Waals surface area contributed by atoms with E-state index in [0.717, 1.165) is 35.2 Å². The van der Waals surface area contributed by atoms with E-state index in [-0.39, 0.29) is 6.04 Å². The molecule has 1 atom stereocenters. The lowest BCUT2D eigenvalue weighted by molar-refractivity contribution is 0.352. The number of nitrogens with two attached hydrogens (primary N) is 1. The Morgan fingerprint density at radius 1 is 1.47 bits per heavy atom. The van der Waals surface area contributed by atoms with Crippen molar-refractivity contribution < 1.29 is 4.74 Å². The zero-order chi connectivity index (χ0) is 13.4. The van der Waals surface area contributed by atoms with Crippen molar-refractivity contribution in [3.63, 3.8) is 0 Å². The predicted octanol–water partition coefficient (Wildman–Crippen LogP) is 4.06. The zero-order valence-electron chi connectivity index (χ0n) is 10.8. The molecule has 2 heterocycles. The van der Waals surface area contributed by atoms with Gasteiger partial charge in [0.1, 0.15) is 5.75 Å². The second-order valence-corrected chi connectivity index (χ2v) is 6.59. The van der Waals surface area contributed by atoms with Gasteiger partial charge in [-0.05, 0) is 41.1 Å². The van der Waals surface area contributed by atoms with E-state index in [1.165, 1.54) is 16.0 Å². The number of rotatable bonds is 3. The second kappa shape index (κ2) is 5.27. The van der Waals surface area contributed by atoms with Crippen molar-refractivity contribution in [2.75, 3.05) is 6.61 Å². The molecule has 1 aliphatic heterocycles. The Hall–Kier alpha value is -0.840. The standard InChI is InChI=1S/C15H16BrNOS/c1-2-9-4-6-19-15(9)13(17)12-8-11(16)7-10-3-5-18-14(10)12/h4,6-8,13H,2-3,5,17H2,1H3. The maximum atomic E-state index is 6.49. The highest BCUT2D eigenvalue weighted by molar-refractivity contribution is 9.10. The van der Waals surface area contributed by atoms with Gasteiger partial charge in [-0.3, -0.25) is 0 Å². The molecule has 1 aromatic carbocycles. The van der Waals surface area contributed by atoms with Crippen molar-refractivity contribution in [1.82, 2.24) is 0 Å². The van der Waals surface area contributed by atoms with Gasteiger partial charge >= 0.3 is 0 Å². The second-order valence-electron chi connectivity index (χ2n) is 4.72. The minimum Gasteiger partial charge on any atom is -0.493 e. The summed E-state index contributed by atoms with van der Waals surface area (Å²) in [5.41, 5.74) is 10.2. The first-order valence-electron chi connectivity index (χ1n) is 6.47. The fraction of sp³-hybridized carbons (Fsp3) is 0.333.